The van der Waals surface area contributed by atoms with Crippen molar-refractivity contribution < 1.29 is 0 Å². The largest absolute Gasteiger partial charge is 0.356 e. The summed E-state index contributed by atoms with van der Waals surface area (Å²) in [6.45, 7) is 0.823. The SMILES string of the molecule is CN(Cc1ccccc1)C(=S)S.[Na]. The molecule has 0 bridgehead atoms. The predicted molar refractivity (Wildman–Crippen MR) is 65.2 cm³/mol. The van der Waals surface area contributed by atoms with Crippen molar-refractivity contribution in [1.82, 2.24) is 4.90 Å². The van der Waals surface area contributed by atoms with Crippen molar-refractivity contribution in [1.29, 1.82) is 0 Å². The van der Waals surface area contributed by atoms with Gasteiger partial charge >= 0.3 is 0 Å². The maximum atomic E-state index is 4.91. The number of rotatable bonds is 2. The zero-order valence-electron chi connectivity index (χ0n) is 7.90. The van der Waals surface area contributed by atoms with Gasteiger partial charge in [-0.15, -0.1) is 12.6 Å². The van der Waals surface area contributed by atoms with E-state index < -0.39 is 0 Å². The Morgan fingerprint density at radius 2 is 1.92 bits per heavy atom. The second kappa shape index (κ2) is 6.85. The zero-order chi connectivity index (χ0) is 8.97. The van der Waals surface area contributed by atoms with Gasteiger partial charge in [-0.25, -0.2) is 0 Å². The van der Waals surface area contributed by atoms with Crippen molar-refractivity contribution >= 4 is 58.7 Å². The minimum atomic E-state index is 0. The summed E-state index contributed by atoms with van der Waals surface area (Å²) in [4.78, 5) is 1.92. The number of thiocarbonyl (C=S) groups is 1. The molecule has 0 saturated heterocycles. The molecule has 1 nitrogen and oxygen atoms in total. The molecule has 0 saturated carbocycles. The zero-order valence-corrected chi connectivity index (χ0v) is 11.6. The molecular formula is C9H11NNaS2. The van der Waals surface area contributed by atoms with Gasteiger partial charge in [0.15, 0.2) is 0 Å². The summed E-state index contributed by atoms with van der Waals surface area (Å²) < 4.78 is 0.624. The number of benzene rings is 1. The van der Waals surface area contributed by atoms with Crippen molar-refractivity contribution in [3.8, 4) is 0 Å². The minimum Gasteiger partial charge on any atom is -0.356 e. The van der Waals surface area contributed by atoms with E-state index in [1.54, 1.807) is 0 Å². The first-order valence-electron chi connectivity index (χ1n) is 3.68. The van der Waals surface area contributed by atoms with E-state index in [0.717, 1.165) is 6.54 Å². The molecule has 1 radical (unpaired) electrons. The van der Waals surface area contributed by atoms with E-state index in [2.05, 4.69) is 24.8 Å². The quantitative estimate of drug-likeness (QED) is 0.461. The van der Waals surface area contributed by atoms with Gasteiger partial charge in [0, 0.05) is 43.1 Å². The maximum absolute atomic E-state index is 4.91. The number of nitrogens with zero attached hydrogens (tertiary/aromatic N) is 1. The smallest absolute Gasteiger partial charge is 0.133 e. The van der Waals surface area contributed by atoms with Crippen LogP contribution >= 0.6 is 24.8 Å². The van der Waals surface area contributed by atoms with Crippen molar-refractivity contribution in [2.75, 3.05) is 7.05 Å². The van der Waals surface area contributed by atoms with Crippen LogP contribution in [0.25, 0.3) is 0 Å². The molecule has 0 unspecified atom stereocenters. The maximum Gasteiger partial charge on any atom is 0.133 e. The average molecular weight is 220 g/mol. The fourth-order valence-electron chi connectivity index (χ4n) is 0.925. The van der Waals surface area contributed by atoms with Crippen LogP contribution in [0.3, 0.4) is 0 Å². The third kappa shape index (κ3) is 5.03. The van der Waals surface area contributed by atoms with Gasteiger partial charge in [0.05, 0.1) is 0 Å². The van der Waals surface area contributed by atoms with Gasteiger partial charge in [-0.3, -0.25) is 0 Å². The third-order valence-electron chi connectivity index (χ3n) is 1.59. The van der Waals surface area contributed by atoms with E-state index in [4.69, 9.17) is 12.2 Å². The number of hydrogen-bond acceptors (Lipinski definition) is 1. The summed E-state index contributed by atoms with van der Waals surface area (Å²) in [6, 6.07) is 10.2. The molecule has 0 aromatic heterocycles. The van der Waals surface area contributed by atoms with Crippen molar-refractivity contribution in [3.63, 3.8) is 0 Å². The summed E-state index contributed by atoms with van der Waals surface area (Å²) >= 11 is 8.99. The summed E-state index contributed by atoms with van der Waals surface area (Å²) in [5.41, 5.74) is 1.25. The van der Waals surface area contributed by atoms with E-state index in [1.165, 1.54) is 5.56 Å². The Kier molecular flexibility index (Phi) is 7.09. The van der Waals surface area contributed by atoms with Crippen LogP contribution in [0, 0.1) is 0 Å². The molecule has 13 heavy (non-hydrogen) atoms. The van der Waals surface area contributed by atoms with Gasteiger partial charge in [-0.05, 0) is 5.56 Å². The Balaban J connectivity index is 0.00000144. The van der Waals surface area contributed by atoms with Crippen LogP contribution in [0.1, 0.15) is 5.56 Å². The van der Waals surface area contributed by atoms with Gasteiger partial charge < -0.3 is 4.90 Å². The second-order valence-electron chi connectivity index (χ2n) is 2.62. The second-order valence-corrected chi connectivity index (χ2v) is 3.74. The molecule has 0 aliphatic rings. The van der Waals surface area contributed by atoms with Gasteiger partial charge in [0.1, 0.15) is 4.32 Å². The molecule has 0 heterocycles. The Bertz CT molecular complexity index is 264. The molecule has 1 rings (SSSR count). The average Bonchev–Trinajstić information content (AvgIpc) is 2.06. The minimum absolute atomic E-state index is 0. The summed E-state index contributed by atoms with van der Waals surface area (Å²) in [5, 5.41) is 0. The first-order chi connectivity index (χ1) is 5.70. The summed E-state index contributed by atoms with van der Waals surface area (Å²) in [5.74, 6) is 0. The van der Waals surface area contributed by atoms with Gasteiger partial charge in [-0.1, -0.05) is 42.5 Å². The molecule has 0 aliphatic carbocycles. The van der Waals surface area contributed by atoms with E-state index in [1.807, 2.05) is 30.1 Å². The molecule has 65 valence electrons. The third-order valence-corrected chi connectivity index (χ3v) is 2.24. The van der Waals surface area contributed by atoms with Gasteiger partial charge in [0.25, 0.3) is 0 Å². The van der Waals surface area contributed by atoms with E-state index in [0.29, 0.717) is 4.32 Å². The van der Waals surface area contributed by atoms with Crippen molar-refractivity contribution in [2.45, 2.75) is 6.54 Å². The van der Waals surface area contributed by atoms with E-state index >= 15 is 0 Å². The monoisotopic (exact) mass is 220 g/mol. The van der Waals surface area contributed by atoms with E-state index in [9.17, 15) is 0 Å². The molecule has 0 spiro atoms. The normalized spacial score (nSPS) is 8.77. The van der Waals surface area contributed by atoms with E-state index in [-0.39, 0.29) is 29.6 Å². The van der Waals surface area contributed by atoms with Crippen LogP contribution in [0.2, 0.25) is 0 Å². The predicted octanol–water partition coefficient (Wildman–Crippen LogP) is 1.95. The fraction of sp³-hybridized carbons (Fsp3) is 0.222. The number of thiol groups is 1. The molecule has 4 heteroatoms. The molecule has 1 aromatic carbocycles. The van der Waals surface area contributed by atoms with Crippen LogP contribution in [0.4, 0.5) is 0 Å². The number of hydrogen-bond donors (Lipinski definition) is 1. The summed E-state index contributed by atoms with van der Waals surface area (Å²) in [6.07, 6.45) is 0. The van der Waals surface area contributed by atoms with Crippen LogP contribution in [0.5, 0.6) is 0 Å². The molecule has 0 N–H and O–H groups in total. The first kappa shape index (κ1) is 13.5. The van der Waals surface area contributed by atoms with Crippen LogP contribution in [-0.2, 0) is 6.54 Å². The standard InChI is InChI=1S/C9H11NS2.Na/c1-10(9(11)12)7-8-5-3-2-4-6-8;/h2-6H,7H2,1H3,(H,11,12);. The van der Waals surface area contributed by atoms with Crippen LogP contribution < -0.4 is 0 Å². The fourth-order valence-corrected chi connectivity index (χ4v) is 1.06. The molecule has 1 aromatic rings. The Hall–Kier alpha value is 0.460. The molecule has 0 atom stereocenters. The topological polar surface area (TPSA) is 3.24 Å². The molecule has 0 amide bonds. The van der Waals surface area contributed by atoms with Crippen LogP contribution in [0.15, 0.2) is 30.3 Å². The Morgan fingerprint density at radius 3 is 2.38 bits per heavy atom. The van der Waals surface area contributed by atoms with Crippen molar-refractivity contribution in [2.24, 2.45) is 0 Å². The molecule has 0 fully saturated rings. The first-order valence-corrected chi connectivity index (χ1v) is 4.53. The molecular weight excluding hydrogens is 209 g/mol. The van der Waals surface area contributed by atoms with Gasteiger partial charge in [-0.2, -0.15) is 0 Å². The molecule has 0 aliphatic heterocycles. The van der Waals surface area contributed by atoms with Crippen LogP contribution in [-0.4, -0.2) is 45.8 Å². The Labute approximate surface area is 112 Å². The van der Waals surface area contributed by atoms with Crippen molar-refractivity contribution in [3.05, 3.63) is 35.9 Å². The summed E-state index contributed by atoms with van der Waals surface area (Å²) in [7, 11) is 1.93. The Morgan fingerprint density at radius 1 is 1.38 bits per heavy atom. The van der Waals surface area contributed by atoms with Gasteiger partial charge in [0.2, 0.25) is 0 Å².